The minimum atomic E-state index is 0.0416. The van der Waals surface area contributed by atoms with Crippen molar-refractivity contribution in [1.82, 2.24) is 5.43 Å². The number of benzene rings is 1. The SMILES string of the molecule is O=C(N/N=C/c1ccc(Cl)cc1)C1CCCCC1. The molecule has 0 bridgehead atoms. The largest absolute Gasteiger partial charge is 0.273 e. The van der Waals surface area contributed by atoms with Crippen LogP contribution in [0.3, 0.4) is 0 Å². The number of nitrogens with one attached hydrogen (secondary N) is 1. The lowest BCUT2D eigenvalue weighted by Crippen LogP contribution is -2.28. The number of carbonyl (C=O) groups excluding carboxylic acids is 1. The fourth-order valence-electron chi connectivity index (χ4n) is 2.18. The van der Waals surface area contributed by atoms with E-state index in [1.165, 1.54) is 6.42 Å². The number of hydrogen-bond acceptors (Lipinski definition) is 2. The molecule has 0 spiro atoms. The zero-order valence-corrected chi connectivity index (χ0v) is 11.0. The van der Waals surface area contributed by atoms with Crippen molar-refractivity contribution in [3.63, 3.8) is 0 Å². The van der Waals surface area contributed by atoms with Gasteiger partial charge in [-0.25, -0.2) is 5.43 Å². The smallest absolute Gasteiger partial charge is 0.243 e. The van der Waals surface area contributed by atoms with E-state index in [0.717, 1.165) is 31.2 Å². The third-order valence-electron chi connectivity index (χ3n) is 3.23. The van der Waals surface area contributed by atoms with Crippen molar-refractivity contribution in [2.45, 2.75) is 32.1 Å². The maximum Gasteiger partial charge on any atom is 0.243 e. The highest BCUT2D eigenvalue weighted by Crippen LogP contribution is 2.23. The fraction of sp³-hybridized carbons (Fsp3) is 0.429. The van der Waals surface area contributed by atoms with Crippen molar-refractivity contribution in [1.29, 1.82) is 0 Å². The van der Waals surface area contributed by atoms with E-state index < -0.39 is 0 Å². The maximum absolute atomic E-state index is 11.8. The van der Waals surface area contributed by atoms with Crippen LogP contribution in [0, 0.1) is 5.92 Å². The molecule has 3 nitrogen and oxygen atoms in total. The summed E-state index contributed by atoms with van der Waals surface area (Å²) in [4.78, 5) is 11.8. The quantitative estimate of drug-likeness (QED) is 0.660. The fourth-order valence-corrected chi connectivity index (χ4v) is 2.30. The molecule has 1 fully saturated rings. The molecule has 18 heavy (non-hydrogen) atoms. The van der Waals surface area contributed by atoms with Gasteiger partial charge in [0.25, 0.3) is 0 Å². The predicted octanol–water partition coefficient (Wildman–Crippen LogP) is 3.37. The number of nitrogens with zero attached hydrogens (tertiary/aromatic N) is 1. The van der Waals surface area contributed by atoms with Crippen LogP contribution in [0.2, 0.25) is 5.02 Å². The van der Waals surface area contributed by atoms with E-state index in [4.69, 9.17) is 11.6 Å². The lowest BCUT2D eigenvalue weighted by molar-refractivity contribution is -0.125. The molecule has 1 aromatic rings. The van der Waals surface area contributed by atoms with Crippen LogP contribution >= 0.6 is 11.6 Å². The van der Waals surface area contributed by atoms with Crippen molar-refractivity contribution in [3.8, 4) is 0 Å². The topological polar surface area (TPSA) is 41.5 Å². The van der Waals surface area contributed by atoms with Crippen molar-refractivity contribution >= 4 is 23.7 Å². The molecular formula is C14H17ClN2O. The highest BCUT2D eigenvalue weighted by Gasteiger charge is 2.20. The number of hydrogen-bond donors (Lipinski definition) is 1. The summed E-state index contributed by atoms with van der Waals surface area (Å²) < 4.78 is 0. The summed E-state index contributed by atoms with van der Waals surface area (Å²) >= 11 is 5.78. The first-order chi connectivity index (χ1) is 8.75. The van der Waals surface area contributed by atoms with Crippen LogP contribution in [0.15, 0.2) is 29.4 Å². The Kier molecular flexibility index (Phi) is 4.76. The normalized spacial score (nSPS) is 16.9. The first-order valence-corrected chi connectivity index (χ1v) is 6.72. The molecule has 1 saturated carbocycles. The second-order valence-corrected chi connectivity index (χ2v) is 5.06. The van der Waals surface area contributed by atoms with Gasteiger partial charge < -0.3 is 0 Å². The molecule has 2 rings (SSSR count). The first kappa shape index (κ1) is 13.1. The standard InChI is InChI=1S/C14H17ClN2O/c15-13-8-6-11(7-9-13)10-16-17-14(18)12-4-2-1-3-5-12/h6-10,12H,1-5H2,(H,17,18)/b16-10+. The lowest BCUT2D eigenvalue weighted by atomic mass is 9.89. The summed E-state index contributed by atoms with van der Waals surface area (Å²) in [6.07, 6.45) is 7.16. The van der Waals surface area contributed by atoms with Crippen LogP contribution in [0.5, 0.6) is 0 Å². The lowest BCUT2D eigenvalue weighted by Gasteiger charge is -2.19. The molecule has 0 heterocycles. The van der Waals surface area contributed by atoms with E-state index in [9.17, 15) is 4.79 Å². The van der Waals surface area contributed by atoms with E-state index in [1.807, 2.05) is 12.1 Å². The van der Waals surface area contributed by atoms with Gasteiger partial charge in [-0.15, -0.1) is 0 Å². The van der Waals surface area contributed by atoms with Crippen LogP contribution in [0.4, 0.5) is 0 Å². The molecule has 1 aromatic carbocycles. The number of hydrazone groups is 1. The van der Waals surface area contributed by atoms with Crippen molar-refractivity contribution < 1.29 is 4.79 Å². The number of halogens is 1. The second-order valence-electron chi connectivity index (χ2n) is 4.62. The van der Waals surface area contributed by atoms with Crippen LogP contribution in [0.1, 0.15) is 37.7 Å². The Bertz CT molecular complexity index is 422. The van der Waals surface area contributed by atoms with E-state index in [2.05, 4.69) is 10.5 Å². The van der Waals surface area contributed by atoms with Gasteiger partial charge in [-0.3, -0.25) is 4.79 Å². The highest BCUT2D eigenvalue weighted by molar-refractivity contribution is 6.30. The molecule has 4 heteroatoms. The summed E-state index contributed by atoms with van der Waals surface area (Å²) in [6, 6.07) is 7.31. The monoisotopic (exact) mass is 264 g/mol. The van der Waals surface area contributed by atoms with Crippen molar-refractivity contribution in [3.05, 3.63) is 34.9 Å². The van der Waals surface area contributed by atoms with E-state index in [0.29, 0.717) is 5.02 Å². The average molecular weight is 265 g/mol. The zero-order chi connectivity index (χ0) is 12.8. The maximum atomic E-state index is 11.8. The molecule has 0 saturated heterocycles. The van der Waals surface area contributed by atoms with Crippen LogP contribution in [-0.2, 0) is 4.79 Å². The van der Waals surface area contributed by atoms with Crippen molar-refractivity contribution in [2.24, 2.45) is 11.0 Å². The molecule has 1 amide bonds. The minimum absolute atomic E-state index is 0.0416. The highest BCUT2D eigenvalue weighted by atomic mass is 35.5. The Morgan fingerprint density at radius 2 is 1.89 bits per heavy atom. The number of carbonyl (C=O) groups is 1. The summed E-state index contributed by atoms with van der Waals surface area (Å²) in [7, 11) is 0. The number of amides is 1. The first-order valence-electron chi connectivity index (χ1n) is 6.34. The average Bonchev–Trinajstić information content (AvgIpc) is 2.42. The zero-order valence-electron chi connectivity index (χ0n) is 10.2. The Morgan fingerprint density at radius 1 is 1.22 bits per heavy atom. The molecule has 0 radical (unpaired) electrons. The molecule has 0 unspecified atom stereocenters. The van der Waals surface area contributed by atoms with Gasteiger partial charge in [-0.05, 0) is 30.5 Å². The van der Waals surface area contributed by atoms with Gasteiger partial charge in [0.2, 0.25) is 5.91 Å². The summed E-state index contributed by atoms with van der Waals surface area (Å²) in [6.45, 7) is 0. The summed E-state index contributed by atoms with van der Waals surface area (Å²) in [5, 5.41) is 4.67. The molecule has 1 aliphatic carbocycles. The van der Waals surface area contributed by atoms with Crippen LogP contribution in [-0.4, -0.2) is 12.1 Å². The minimum Gasteiger partial charge on any atom is -0.273 e. The van der Waals surface area contributed by atoms with Crippen molar-refractivity contribution in [2.75, 3.05) is 0 Å². The van der Waals surface area contributed by atoms with Gasteiger partial charge in [-0.2, -0.15) is 5.10 Å². The summed E-state index contributed by atoms with van der Waals surface area (Å²) in [5.74, 6) is 0.182. The molecule has 0 aromatic heterocycles. The Balaban J connectivity index is 1.83. The van der Waals surface area contributed by atoms with Gasteiger partial charge in [0.05, 0.1) is 6.21 Å². The number of rotatable bonds is 3. The second kappa shape index (κ2) is 6.55. The van der Waals surface area contributed by atoms with E-state index in [-0.39, 0.29) is 11.8 Å². The Hall–Kier alpha value is -1.35. The van der Waals surface area contributed by atoms with E-state index in [1.54, 1.807) is 18.3 Å². The Labute approximate surface area is 112 Å². The molecule has 0 atom stereocenters. The van der Waals surface area contributed by atoms with Crippen LogP contribution < -0.4 is 5.43 Å². The molecule has 1 aliphatic rings. The van der Waals surface area contributed by atoms with Gasteiger partial charge in [-0.1, -0.05) is 43.0 Å². The third-order valence-corrected chi connectivity index (χ3v) is 3.49. The summed E-state index contributed by atoms with van der Waals surface area (Å²) in [5.41, 5.74) is 3.53. The molecule has 96 valence electrons. The van der Waals surface area contributed by atoms with Crippen LogP contribution in [0.25, 0.3) is 0 Å². The molecular weight excluding hydrogens is 248 g/mol. The van der Waals surface area contributed by atoms with Gasteiger partial charge in [0.15, 0.2) is 0 Å². The molecule has 0 aliphatic heterocycles. The van der Waals surface area contributed by atoms with Gasteiger partial charge in [0, 0.05) is 10.9 Å². The predicted molar refractivity (Wildman–Crippen MR) is 73.8 cm³/mol. The molecule has 1 N–H and O–H groups in total. The van der Waals surface area contributed by atoms with Gasteiger partial charge in [0.1, 0.15) is 0 Å². The third kappa shape index (κ3) is 3.84. The van der Waals surface area contributed by atoms with E-state index >= 15 is 0 Å². The Morgan fingerprint density at radius 3 is 2.56 bits per heavy atom. The van der Waals surface area contributed by atoms with Gasteiger partial charge >= 0.3 is 0 Å².